The fraction of sp³-hybridized carbons (Fsp3) is 0.267. The fourth-order valence-electron chi connectivity index (χ4n) is 1.80. The molecule has 0 spiro atoms. The van der Waals surface area contributed by atoms with Crippen LogP contribution >= 0.6 is 15.9 Å². The van der Waals surface area contributed by atoms with E-state index < -0.39 is 0 Å². The highest BCUT2D eigenvalue weighted by molar-refractivity contribution is 9.10. The molecule has 1 aromatic carbocycles. The summed E-state index contributed by atoms with van der Waals surface area (Å²) >= 11 is 3.50. The zero-order valence-corrected chi connectivity index (χ0v) is 12.3. The Hall–Kier alpha value is -1.39. The highest BCUT2D eigenvalue weighted by Crippen LogP contribution is 2.26. The molecule has 100 valence electrons. The molecule has 4 heteroatoms. The SMILES string of the molecule is NCc1ccc(OCCCc2ccncc2)c(Br)c1. The molecule has 0 saturated carbocycles. The third-order valence-corrected chi connectivity index (χ3v) is 3.47. The lowest BCUT2D eigenvalue weighted by atomic mass is 10.1. The van der Waals surface area contributed by atoms with Gasteiger partial charge in [0.1, 0.15) is 5.75 Å². The number of nitrogens with zero attached hydrogens (tertiary/aromatic N) is 1. The second-order valence-electron chi connectivity index (χ2n) is 4.28. The highest BCUT2D eigenvalue weighted by atomic mass is 79.9. The molecule has 0 amide bonds. The van der Waals surface area contributed by atoms with Crippen LogP contribution in [-0.4, -0.2) is 11.6 Å². The molecule has 1 aromatic heterocycles. The standard InChI is InChI=1S/C15H17BrN2O/c16-14-10-13(11-17)3-4-15(14)19-9-1-2-12-5-7-18-8-6-12/h3-8,10H,1-2,9,11,17H2. The number of hydrogen-bond donors (Lipinski definition) is 1. The molecule has 2 rings (SSSR count). The second-order valence-corrected chi connectivity index (χ2v) is 5.13. The molecular weight excluding hydrogens is 304 g/mol. The Morgan fingerprint density at radius 2 is 1.89 bits per heavy atom. The summed E-state index contributed by atoms with van der Waals surface area (Å²) in [6, 6.07) is 10.0. The largest absolute Gasteiger partial charge is 0.492 e. The van der Waals surface area contributed by atoms with Gasteiger partial charge in [0.05, 0.1) is 11.1 Å². The van der Waals surface area contributed by atoms with E-state index in [1.165, 1.54) is 5.56 Å². The molecule has 0 aliphatic rings. The van der Waals surface area contributed by atoms with E-state index in [1.807, 2.05) is 42.7 Å². The van der Waals surface area contributed by atoms with E-state index in [-0.39, 0.29) is 0 Å². The van der Waals surface area contributed by atoms with E-state index in [4.69, 9.17) is 10.5 Å². The number of benzene rings is 1. The number of rotatable bonds is 6. The van der Waals surface area contributed by atoms with Gasteiger partial charge in [0.15, 0.2) is 0 Å². The van der Waals surface area contributed by atoms with Crippen LogP contribution in [0.4, 0.5) is 0 Å². The van der Waals surface area contributed by atoms with Crippen molar-refractivity contribution in [1.29, 1.82) is 0 Å². The predicted octanol–water partition coefficient (Wildman–Crippen LogP) is 3.31. The summed E-state index contributed by atoms with van der Waals surface area (Å²) in [5.41, 5.74) is 7.97. The minimum absolute atomic E-state index is 0.543. The summed E-state index contributed by atoms with van der Waals surface area (Å²) in [5.74, 6) is 0.868. The Bertz CT molecular complexity index is 517. The van der Waals surface area contributed by atoms with Crippen molar-refractivity contribution >= 4 is 15.9 Å². The van der Waals surface area contributed by atoms with Gasteiger partial charge in [-0.2, -0.15) is 0 Å². The molecule has 0 atom stereocenters. The molecule has 19 heavy (non-hydrogen) atoms. The van der Waals surface area contributed by atoms with Crippen LogP contribution in [0.5, 0.6) is 5.75 Å². The van der Waals surface area contributed by atoms with E-state index >= 15 is 0 Å². The Morgan fingerprint density at radius 3 is 2.58 bits per heavy atom. The van der Waals surface area contributed by atoms with Crippen molar-refractivity contribution in [3.05, 3.63) is 58.3 Å². The zero-order chi connectivity index (χ0) is 13.5. The minimum atomic E-state index is 0.543. The Morgan fingerprint density at radius 1 is 1.11 bits per heavy atom. The van der Waals surface area contributed by atoms with Gasteiger partial charge in [0.2, 0.25) is 0 Å². The molecule has 0 aliphatic heterocycles. The molecule has 2 aromatic rings. The minimum Gasteiger partial charge on any atom is -0.492 e. The number of aromatic nitrogens is 1. The van der Waals surface area contributed by atoms with E-state index in [0.29, 0.717) is 13.2 Å². The zero-order valence-electron chi connectivity index (χ0n) is 10.7. The van der Waals surface area contributed by atoms with Gasteiger partial charge >= 0.3 is 0 Å². The van der Waals surface area contributed by atoms with E-state index in [2.05, 4.69) is 20.9 Å². The summed E-state index contributed by atoms with van der Waals surface area (Å²) in [6.07, 6.45) is 5.62. The quantitative estimate of drug-likeness (QED) is 0.831. The molecule has 0 fully saturated rings. The van der Waals surface area contributed by atoms with Crippen molar-refractivity contribution in [1.82, 2.24) is 4.98 Å². The summed E-state index contributed by atoms with van der Waals surface area (Å²) in [7, 11) is 0. The van der Waals surface area contributed by atoms with E-state index in [0.717, 1.165) is 28.6 Å². The molecule has 0 saturated heterocycles. The van der Waals surface area contributed by atoms with Gasteiger partial charge < -0.3 is 10.5 Å². The lowest BCUT2D eigenvalue weighted by molar-refractivity contribution is 0.309. The Balaban J connectivity index is 1.80. The van der Waals surface area contributed by atoms with Gasteiger partial charge in [0.25, 0.3) is 0 Å². The van der Waals surface area contributed by atoms with Crippen LogP contribution in [0.3, 0.4) is 0 Å². The van der Waals surface area contributed by atoms with Crippen molar-refractivity contribution in [3.63, 3.8) is 0 Å². The Kier molecular flexibility index (Phi) is 5.36. The first-order valence-corrected chi connectivity index (χ1v) is 7.09. The average molecular weight is 321 g/mol. The molecule has 0 radical (unpaired) electrons. The molecule has 0 unspecified atom stereocenters. The van der Waals surface area contributed by atoms with Crippen LogP contribution in [0.2, 0.25) is 0 Å². The summed E-state index contributed by atoms with van der Waals surface area (Å²) in [5, 5.41) is 0. The van der Waals surface area contributed by atoms with Crippen molar-refractivity contribution in [2.45, 2.75) is 19.4 Å². The first-order chi connectivity index (χ1) is 9.29. The number of halogens is 1. The maximum atomic E-state index is 5.75. The maximum Gasteiger partial charge on any atom is 0.133 e. The molecule has 1 heterocycles. The lowest BCUT2D eigenvalue weighted by Gasteiger charge is -2.09. The van der Waals surface area contributed by atoms with Crippen molar-refractivity contribution in [2.24, 2.45) is 5.73 Å². The first kappa shape index (κ1) is 14.0. The highest BCUT2D eigenvalue weighted by Gasteiger charge is 2.02. The van der Waals surface area contributed by atoms with Crippen LogP contribution in [0.25, 0.3) is 0 Å². The Labute approximate surface area is 121 Å². The van der Waals surface area contributed by atoms with Crippen LogP contribution in [0.1, 0.15) is 17.5 Å². The first-order valence-electron chi connectivity index (χ1n) is 6.30. The molecule has 3 nitrogen and oxygen atoms in total. The summed E-state index contributed by atoms with van der Waals surface area (Å²) in [6.45, 7) is 1.24. The van der Waals surface area contributed by atoms with Crippen LogP contribution in [-0.2, 0) is 13.0 Å². The smallest absolute Gasteiger partial charge is 0.133 e. The topological polar surface area (TPSA) is 48.1 Å². The average Bonchev–Trinajstić information content (AvgIpc) is 2.46. The second kappa shape index (κ2) is 7.26. The number of hydrogen-bond acceptors (Lipinski definition) is 3. The van der Waals surface area contributed by atoms with Crippen LogP contribution in [0.15, 0.2) is 47.2 Å². The number of pyridine rings is 1. The van der Waals surface area contributed by atoms with Crippen molar-refractivity contribution in [2.75, 3.05) is 6.61 Å². The third kappa shape index (κ3) is 4.33. The monoisotopic (exact) mass is 320 g/mol. The van der Waals surface area contributed by atoms with E-state index in [1.54, 1.807) is 0 Å². The van der Waals surface area contributed by atoms with E-state index in [9.17, 15) is 0 Å². The maximum absolute atomic E-state index is 5.75. The molecule has 0 bridgehead atoms. The molecule has 2 N–H and O–H groups in total. The fourth-order valence-corrected chi connectivity index (χ4v) is 2.34. The molecular formula is C15H17BrN2O. The normalized spacial score (nSPS) is 10.4. The third-order valence-electron chi connectivity index (χ3n) is 2.85. The number of aryl methyl sites for hydroxylation is 1. The van der Waals surface area contributed by atoms with Crippen molar-refractivity contribution < 1.29 is 4.74 Å². The van der Waals surface area contributed by atoms with Crippen LogP contribution < -0.4 is 10.5 Å². The number of ether oxygens (including phenoxy) is 1. The predicted molar refractivity (Wildman–Crippen MR) is 80.1 cm³/mol. The number of nitrogens with two attached hydrogens (primary N) is 1. The molecule has 0 aliphatic carbocycles. The van der Waals surface area contributed by atoms with Crippen molar-refractivity contribution in [3.8, 4) is 5.75 Å². The van der Waals surface area contributed by atoms with Gasteiger partial charge in [-0.1, -0.05) is 6.07 Å². The van der Waals surface area contributed by atoms with Gasteiger partial charge in [-0.15, -0.1) is 0 Å². The van der Waals surface area contributed by atoms with Gasteiger partial charge in [-0.25, -0.2) is 0 Å². The van der Waals surface area contributed by atoms with Crippen LogP contribution in [0, 0.1) is 0 Å². The summed E-state index contributed by atoms with van der Waals surface area (Å²) < 4.78 is 6.71. The van der Waals surface area contributed by atoms with Gasteiger partial charge in [0, 0.05) is 18.9 Å². The lowest BCUT2D eigenvalue weighted by Crippen LogP contribution is -2.01. The summed E-state index contributed by atoms with van der Waals surface area (Å²) in [4.78, 5) is 4.00. The van der Waals surface area contributed by atoms with Gasteiger partial charge in [-0.05, 0) is 64.2 Å². The van der Waals surface area contributed by atoms with Gasteiger partial charge in [-0.3, -0.25) is 4.98 Å².